The van der Waals surface area contributed by atoms with Gasteiger partial charge in [-0.2, -0.15) is 0 Å². The second kappa shape index (κ2) is 6.19. The lowest BCUT2D eigenvalue weighted by molar-refractivity contribution is 0.466. The third-order valence-corrected chi connectivity index (χ3v) is 2.55. The fraction of sp³-hybridized carbons (Fsp3) is 0.429. The van der Waals surface area contributed by atoms with Gasteiger partial charge in [0.15, 0.2) is 0 Å². The Morgan fingerprint density at radius 2 is 1.94 bits per heavy atom. The Morgan fingerprint density at radius 3 is 2.50 bits per heavy atom. The SMILES string of the molecule is C#CCCCNCc1cc(C)c(O)c(C)c1. The predicted molar refractivity (Wildman–Crippen MR) is 67.4 cm³/mol. The first-order valence-corrected chi connectivity index (χ1v) is 5.58. The average Bonchev–Trinajstić information content (AvgIpc) is 2.25. The maximum Gasteiger partial charge on any atom is 0.121 e. The molecular weight excluding hydrogens is 198 g/mol. The van der Waals surface area contributed by atoms with Gasteiger partial charge in [0.2, 0.25) is 0 Å². The van der Waals surface area contributed by atoms with Crippen LogP contribution in [0.4, 0.5) is 0 Å². The van der Waals surface area contributed by atoms with Crippen molar-refractivity contribution in [3.63, 3.8) is 0 Å². The minimum Gasteiger partial charge on any atom is -0.507 e. The molecule has 0 aromatic heterocycles. The van der Waals surface area contributed by atoms with Crippen molar-refractivity contribution in [3.8, 4) is 18.1 Å². The summed E-state index contributed by atoms with van der Waals surface area (Å²) in [5.41, 5.74) is 3.06. The van der Waals surface area contributed by atoms with Gasteiger partial charge in [0.05, 0.1) is 0 Å². The summed E-state index contributed by atoms with van der Waals surface area (Å²) in [5.74, 6) is 3.02. The highest BCUT2D eigenvalue weighted by Gasteiger charge is 2.02. The maximum atomic E-state index is 9.63. The van der Waals surface area contributed by atoms with E-state index in [4.69, 9.17) is 6.42 Å². The van der Waals surface area contributed by atoms with E-state index in [1.165, 1.54) is 5.56 Å². The molecular formula is C14H19NO. The Balaban J connectivity index is 2.46. The molecule has 0 saturated heterocycles. The largest absolute Gasteiger partial charge is 0.507 e. The van der Waals surface area contributed by atoms with Gasteiger partial charge in [0.1, 0.15) is 5.75 Å². The van der Waals surface area contributed by atoms with Crippen molar-refractivity contribution in [2.24, 2.45) is 0 Å². The highest BCUT2D eigenvalue weighted by Crippen LogP contribution is 2.22. The van der Waals surface area contributed by atoms with E-state index in [0.29, 0.717) is 5.75 Å². The van der Waals surface area contributed by atoms with Crippen LogP contribution in [0.15, 0.2) is 12.1 Å². The van der Waals surface area contributed by atoms with Gasteiger partial charge in [-0.3, -0.25) is 0 Å². The van der Waals surface area contributed by atoms with E-state index < -0.39 is 0 Å². The molecule has 2 N–H and O–H groups in total. The van der Waals surface area contributed by atoms with Crippen LogP contribution in [0.5, 0.6) is 5.75 Å². The molecule has 0 aliphatic heterocycles. The van der Waals surface area contributed by atoms with Crippen LogP contribution < -0.4 is 5.32 Å². The number of hydrogen-bond donors (Lipinski definition) is 2. The van der Waals surface area contributed by atoms with Gasteiger partial charge in [-0.1, -0.05) is 12.1 Å². The Morgan fingerprint density at radius 1 is 1.31 bits per heavy atom. The van der Waals surface area contributed by atoms with Crippen LogP contribution in [0.1, 0.15) is 29.5 Å². The van der Waals surface area contributed by atoms with Crippen LogP contribution in [-0.4, -0.2) is 11.7 Å². The molecule has 86 valence electrons. The zero-order valence-corrected chi connectivity index (χ0v) is 10.0. The van der Waals surface area contributed by atoms with Crippen LogP contribution in [0.2, 0.25) is 0 Å². The summed E-state index contributed by atoms with van der Waals surface area (Å²) in [6.45, 7) is 5.60. The number of benzene rings is 1. The maximum absolute atomic E-state index is 9.63. The summed E-state index contributed by atoms with van der Waals surface area (Å²) in [7, 11) is 0. The zero-order valence-electron chi connectivity index (χ0n) is 10.0. The van der Waals surface area contributed by atoms with Gasteiger partial charge in [-0.15, -0.1) is 12.3 Å². The molecule has 0 unspecified atom stereocenters. The third-order valence-electron chi connectivity index (χ3n) is 2.55. The zero-order chi connectivity index (χ0) is 12.0. The molecule has 1 aromatic rings. The topological polar surface area (TPSA) is 32.3 Å². The molecule has 0 spiro atoms. The molecule has 16 heavy (non-hydrogen) atoms. The van der Waals surface area contributed by atoms with Gasteiger partial charge in [0, 0.05) is 13.0 Å². The number of nitrogens with one attached hydrogen (secondary N) is 1. The Labute approximate surface area is 97.7 Å². The molecule has 0 heterocycles. The predicted octanol–water partition coefficient (Wildman–Crippen LogP) is 2.51. The Hall–Kier alpha value is -1.46. The van der Waals surface area contributed by atoms with Gasteiger partial charge >= 0.3 is 0 Å². The number of aromatic hydroxyl groups is 1. The number of aryl methyl sites for hydroxylation is 2. The Kier molecular flexibility index (Phi) is 4.88. The highest BCUT2D eigenvalue weighted by atomic mass is 16.3. The lowest BCUT2D eigenvalue weighted by atomic mass is 10.1. The molecule has 0 atom stereocenters. The van der Waals surface area contributed by atoms with Crippen molar-refractivity contribution in [1.82, 2.24) is 5.32 Å². The van der Waals surface area contributed by atoms with Crippen molar-refractivity contribution in [2.75, 3.05) is 6.54 Å². The minimum absolute atomic E-state index is 0.399. The van der Waals surface area contributed by atoms with Crippen molar-refractivity contribution in [2.45, 2.75) is 33.2 Å². The average molecular weight is 217 g/mol. The van der Waals surface area contributed by atoms with E-state index in [1.54, 1.807) is 0 Å². The van der Waals surface area contributed by atoms with E-state index >= 15 is 0 Å². The first-order valence-electron chi connectivity index (χ1n) is 5.58. The van der Waals surface area contributed by atoms with Gasteiger partial charge in [-0.05, 0) is 43.5 Å². The van der Waals surface area contributed by atoms with Gasteiger partial charge < -0.3 is 10.4 Å². The van der Waals surface area contributed by atoms with Crippen molar-refractivity contribution in [1.29, 1.82) is 0 Å². The second-order valence-corrected chi connectivity index (χ2v) is 4.06. The number of rotatable bonds is 5. The Bertz CT molecular complexity index is 367. The van der Waals surface area contributed by atoms with Crippen LogP contribution >= 0.6 is 0 Å². The normalized spacial score (nSPS) is 10.1. The molecule has 0 amide bonds. The van der Waals surface area contributed by atoms with Gasteiger partial charge in [-0.25, -0.2) is 0 Å². The number of phenolic OH excluding ortho intramolecular Hbond substituents is 1. The van der Waals surface area contributed by atoms with Crippen molar-refractivity contribution < 1.29 is 5.11 Å². The third kappa shape index (κ3) is 3.60. The van der Waals surface area contributed by atoms with Crippen molar-refractivity contribution >= 4 is 0 Å². The smallest absolute Gasteiger partial charge is 0.121 e. The number of hydrogen-bond acceptors (Lipinski definition) is 2. The van der Waals surface area contributed by atoms with E-state index in [-0.39, 0.29) is 0 Å². The van der Waals surface area contributed by atoms with Crippen LogP contribution in [0.25, 0.3) is 0 Å². The van der Waals surface area contributed by atoms with Crippen LogP contribution in [0.3, 0.4) is 0 Å². The van der Waals surface area contributed by atoms with Crippen LogP contribution in [-0.2, 0) is 6.54 Å². The molecule has 0 bridgehead atoms. The summed E-state index contributed by atoms with van der Waals surface area (Å²) in [6, 6.07) is 4.02. The summed E-state index contributed by atoms with van der Waals surface area (Å²) >= 11 is 0. The van der Waals surface area contributed by atoms with Crippen LogP contribution in [0, 0.1) is 26.2 Å². The molecule has 1 rings (SSSR count). The molecule has 2 heteroatoms. The second-order valence-electron chi connectivity index (χ2n) is 4.06. The number of terminal acetylenes is 1. The number of phenols is 1. The summed E-state index contributed by atoms with van der Waals surface area (Å²) < 4.78 is 0. The highest BCUT2D eigenvalue weighted by molar-refractivity contribution is 5.42. The van der Waals surface area contributed by atoms with E-state index in [9.17, 15) is 5.11 Å². The standard InChI is InChI=1S/C14H19NO/c1-4-5-6-7-15-10-13-8-11(2)14(16)12(3)9-13/h1,8-9,15-16H,5-7,10H2,2-3H3. The number of unbranched alkanes of at least 4 members (excludes halogenated alkanes) is 1. The lowest BCUT2D eigenvalue weighted by Gasteiger charge is -2.08. The van der Waals surface area contributed by atoms with Gasteiger partial charge in [0.25, 0.3) is 0 Å². The van der Waals surface area contributed by atoms with E-state index in [1.807, 2.05) is 26.0 Å². The molecule has 1 aromatic carbocycles. The molecule has 0 fully saturated rings. The van der Waals surface area contributed by atoms with E-state index in [0.717, 1.165) is 37.1 Å². The minimum atomic E-state index is 0.399. The molecule has 0 saturated carbocycles. The molecule has 0 aliphatic rings. The fourth-order valence-electron chi connectivity index (χ4n) is 1.70. The molecule has 0 aliphatic carbocycles. The first kappa shape index (κ1) is 12.6. The molecule has 2 nitrogen and oxygen atoms in total. The summed E-state index contributed by atoms with van der Waals surface area (Å²) in [5, 5.41) is 13.0. The summed E-state index contributed by atoms with van der Waals surface area (Å²) in [4.78, 5) is 0. The summed E-state index contributed by atoms with van der Waals surface area (Å²) in [6.07, 6.45) is 7.00. The quantitative estimate of drug-likeness (QED) is 0.586. The van der Waals surface area contributed by atoms with Crippen molar-refractivity contribution in [3.05, 3.63) is 28.8 Å². The molecule has 0 radical (unpaired) electrons. The van der Waals surface area contributed by atoms with E-state index in [2.05, 4.69) is 11.2 Å². The lowest BCUT2D eigenvalue weighted by Crippen LogP contribution is -2.14. The fourth-order valence-corrected chi connectivity index (χ4v) is 1.70. The first-order chi connectivity index (χ1) is 7.65. The monoisotopic (exact) mass is 217 g/mol.